The maximum atomic E-state index is 12.6. The van der Waals surface area contributed by atoms with E-state index in [1.807, 2.05) is 12.1 Å². The van der Waals surface area contributed by atoms with Gasteiger partial charge >= 0.3 is 0 Å². The van der Waals surface area contributed by atoms with Crippen molar-refractivity contribution in [3.63, 3.8) is 0 Å². The molecule has 0 radical (unpaired) electrons. The molecule has 0 bridgehead atoms. The second kappa shape index (κ2) is 7.46. The van der Waals surface area contributed by atoms with E-state index in [4.69, 9.17) is 4.42 Å². The Bertz CT molecular complexity index is 929. The van der Waals surface area contributed by atoms with Crippen LogP contribution in [0, 0.1) is 6.92 Å². The Balaban J connectivity index is 1.72. The zero-order valence-electron chi connectivity index (χ0n) is 16.2. The zero-order chi connectivity index (χ0) is 19.8. The summed E-state index contributed by atoms with van der Waals surface area (Å²) in [5, 5.41) is 0. The molecule has 0 spiro atoms. The molecule has 2 heterocycles. The summed E-state index contributed by atoms with van der Waals surface area (Å²) in [7, 11) is -1.36. The van der Waals surface area contributed by atoms with Crippen LogP contribution in [0.15, 0.2) is 28.7 Å². The molecule has 1 aromatic heterocycles. The fourth-order valence-corrected chi connectivity index (χ4v) is 5.05. The molecule has 0 aliphatic carbocycles. The van der Waals surface area contributed by atoms with Crippen LogP contribution in [-0.4, -0.2) is 48.8 Å². The number of sulfone groups is 1. The number of aromatic nitrogens is 1. The van der Waals surface area contributed by atoms with Gasteiger partial charge in [0.15, 0.2) is 9.84 Å². The largest absolute Gasteiger partial charge is 0.441 e. The van der Waals surface area contributed by atoms with Crippen molar-refractivity contribution in [3.05, 3.63) is 41.3 Å². The summed E-state index contributed by atoms with van der Waals surface area (Å²) < 4.78 is 29.0. The Morgan fingerprint density at radius 2 is 1.96 bits per heavy atom. The van der Waals surface area contributed by atoms with Gasteiger partial charge in [0.1, 0.15) is 5.76 Å². The summed E-state index contributed by atoms with van der Waals surface area (Å²) >= 11 is 0. The van der Waals surface area contributed by atoms with Gasteiger partial charge in [-0.1, -0.05) is 26.0 Å². The Morgan fingerprint density at radius 3 is 2.52 bits per heavy atom. The van der Waals surface area contributed by atoms with Gasteiger partial charge in [0.05, 0.1) is 23.6 Å². The quantitative estimate of drug-likeness (QED) is 0.784. The number of carbonyl (C=O) groups excluding carboxylic acids is 1. The first-order valence-corrected chi connectivity index (χ1v) is 11.0. The van der Waals surface area contributed by atoms with Crippen LogP contribution >= 0.6 is 0 Å². The molecule has 1 aromatic carbocycles. The second-order valence-corrected chi connectivity index (χ2v) is 9.77. The molecule has 6 nitrogen and oxygen atoms in total. The van der Waals surface area contributed by atoms with Crippen molar-refractivity contribution in [1.29, 1.82) is 0 Å². The number of nitrogens with zero attached hydrogens (tertiary/aromatic N) is 2. The monoisotopic (exact) mass is 390 g/mol. The minimum Gasteiger partial charge on any atom is -0.441 e. The van der Waals surface area contributed by atoms with Crippen LogP contribution in [-0.2, 0) is 21.1 Å². The molecule has 0 saturated carbocycles. The summed E-state index contributed by atoms with van der Waals surface area (Å²) in [6, 6.07) is 7.80. The molecule has 2 aromatic rings. The van der Waals surface area contributed by atoms with E-state index >= 15 is 0 Å². The average molecular weight is 391 g/mol. The summed E-state index contributed by atoms with van der Waals surface area (Å²) in [5.74, 6) is 1.61. The molecule has 1 amide bonds. The fourth-order valence-electron chi connectivity index (χ4n) is 3.28. The van der Waals surface area contributed by atoms with Crippen molar-refractivity contribution in [2.45, 2.75) is 45.6 Å². The number of hydrogen-bond donors (Lipinski definition) is 0. The molecule has 3 rings (SSSR count). The van der Waals surface area contributed by atoms with Crippen LogP contribution in [0.1, 0.15) is 43.2 Å². The van der Waals surface area contributed by atoms with Crippen molar-refractivity contribution in [3.8, 4) is 11.5 Å². The van der Waals surface area contributed by atoms with Gasteiger partial charge in [-0.2, -0.15) is 0 Å². The lowest BCUT2D eigenvalue weighted by molar-refractivity contribution is -0.130. The molecule has 1 saturated heterocycles. The molecular weight excluding hydrogens is 364 g/mol. The van der Waals surface area contributed by atoms with E-state index < -0.39 is 9.84 Å². The maximum absolute atomic E-state index is 12.6. The maximum Gasteiger partial charge on any atom is 0.228 e. The van der Waals surface area contributed by atoms with Gasteiger partial charge in [0, 0.05) is 18.7 Å². The van der Waals surface area contributed by atoms with E-state index in [0.29, 0.717) is 29.7 Å². The highest BCUT2D eigenvalue weighted by atomic mass is 32.2. The second-order valence-electron chi connectivity index (χ2n) is 7.54. The Kier molecular flexibility index (Phi) is 5.42. The van der Waals surface area contributed by atoms with Crippen LogP contribution in [0.5, 0.6) is 0 Å². The fraction of sp³-hybridized carbons (Fsp3) is 0.500. The normalized spacial score (nSPS) is 18.8. The van der Waals surface area contributed by atoms with Gasteiger partial charge in [-0.3, -0.25) is 4.79 Å². The van der Waals surface area contributed by atoms with Gasteiger partial charge in [-0.15, -0.1) is 0 Å². The number of rotatable bonds is 5. The van der Waals surface area contributed by atoms with Crippen molar-refractivity contribution in [2.75, 3.05) is 18.6 Å². The number of carbonyl (C=O) groups is 1. The van der Waals surface area contributed by atoms with E-state index in [1.165, 1.54) is 10.5 Å². The van der Waals surface area contributed by atoms with Crippen molar-refractivity contribution in [1.82, 2.24) is 9.88 Å². The lowest BCUT2D eigenvalue weighted by Crippen LogP contribution is -2.38. The highest BCUT2D eigenvalue weighted by Gasteiger charge is 2.33. The van der Waals surface area contributed by atoms with Crippen molar-refractivity contribution >= 4 is 15.7 Å². The summed E-state index contributed by atoms with van der Waals surface area (Å²) in [6.45, 7) is 6.07. The molecule has 7 heteroatoms. The molecule has 146 valence electrons. The predicted molar refractivity (Wildman–Crippen MR) is 104 cm³/mol. The lowest BCUT2D eigenvalue weighted by Gasteiger charge is -2.23. The first kappa shape index (κ1) is 19.6. The third-order valence-electron chi connectivity index (χ3n) is 5.19. The number of aryl methyl sites for hydroxylation is 1. The molecule has 1 aliphatic heterocycles. The summed E-state index contributed by atoms with van der Waals surface area (Å²) in [6.07, 6.45) is 0.599. The topological polar surface area (TPSA) is 80.5 Å². The van der Waals surface area contributed by atoms with Crippen LogP contribution in [0.3, 0.4) is 0 Å². The van der Waals surface area contributed by atoms with Gasteiger partial charge in [0.25, 0.3) is 0 Å². The summed E-state index contributed by atoms with van der Waals surface area (Å²) in [4.78, 5) is 18.6. The smallest absolute Gasteiger partial charge is 0.228 e. The molecule has 1 atom stereocenters. The van der Waals surface area contributed by atoms with Crippen molar-refractivity contribution in [2.24, 2.45) is 0 Å². The minimum absolute atomic E-state index is 0.0422. The van der Waals surface area contributed by atoms with E-state index in [2.05, 4.69) is 31.0 Å². The van der Waals surface area contributed by atoms with E-state index in [1.54, 1.807) is 14.0 Å². The minimum atomic E-state index is -3.02. The SMILES string of the molecule is Cc1oc(-c2ccc(C(C)C)cc2)nc1CC(=O)N(C)C1CCS(=O)(=O)C1. The molecule has 0 N–H and O–H groups in total. The number of likely N-dealkylation sites (N-methyl/N-ethyl adjacent to an activating group) is 1. The van der Waals surface area contributed by atoms with E-state index in [9.17, 15) is 13.2 Å². The van der Waals surface area contributed by atoms with Crippen molar-refractivity contribution < 1.29 is 17.6 Å². The third kappa shape index (κ3) is 4.40. The highest BCUT2D eigenvalue weighted by Crippen LogP contribution is 2.25. The number of oxazole rings is 1. The first-order chi connectivity index (χ1) is 12.7. The van der Waals surface area contributed by atoms with Gasteiger partial charge in [-0.25, -0.2) is 13.4 Å². The zero-order valence-corrected chi connectivity index (χ0v) is 17.0. The number of amides is 1. The number of hydrogen-bond acceptors (Lipinski definition) is 5. The van der Waals surface area contributed by atoms with Gasteiger partial charge in [-0.05, 0) is 37.0 Å². The average Bonchev–Trinajstić information content (AvgIpc) is 3.16. The standard InChI is InChI=1S/C20H26N2O4S/c1-13(2)15-5-7-16(8-6-15)20-21-18(14(3)26-20)11-19(23)22(4)17-9-10-27(24,25)12-17/h5-8,13,17H,9-12H2,1-4H3. The van der Waals surface area contributed by atoms with Crippen LogP contribution in [0.2, 0.25) is 0 Å². The molecule has 1 fully saturated rings. The van der Waals surface area contributed by atoms with Crippen LogP contribution in [0.4, 0.5) is 0 Å². The third-order valence-corrected chi connectivity index (χ3v) is 6.94. The summed E-state index contributed by atoms with van der Waals surface area (Å²) in [5.41, 5.74) is 2.71. The Hall–Kier alpha value is -2.15. The van der Waals surface area contributed by atoms with E-state index in [0.717, 1.165) is 5.56 Å². The van der Waals surface area contributed by atoms with Gasteiger partial charge < -0.3 is 9.32 Å². The molecule has 1 aliphatic rings. The lowest BCUT2D eigenvalue weighted by atomic mass is 10.0. The Labute approximate surface area is 160 Å². The van der Waals surface area contributed by atoms with E-state index in [-0.39, 0.29) is 29.9 Å². The number of benzene rings is 1. The molecule has 1 unspecified atom stereocenters. The van der Waals surface area contributed by atoms with Crippen LogP contribution in [0.25, 0.3) is 11.5 Å². The molecule has 27 heavy (non-hydrogen) atoms. The molecular formula is C20H26N2O4S. The predicted octanol–water partition coefficient (Wildman–Crippen LogP) is 2.96. The Morgan fingerprint density at radius 1 is 1.30 bits per heavy atom. The first-order valence-electron chi connectivity index (χ1n) is 9.19. The van der Waals surface area contributed by atoms with Crippen LogP contribution < -0.4 is 0 Å². The van der Waals surface area contributed by atoms with Gasteiger partial charge in [0.2, 0.25) is 11.8 Å². The highest BCUT2D eigenvalue weighted by molar-refractivity contribution is 7.91.